The number of benzene rings is 3. The number of nitrogens with zero attached hydrogens (tertiary/aromatic N) is 1. The SMILES string of the molecule is C=C(CCC[C@@H](C=C1CCC(c2ccccc2CN2CCCCC2=O)CC1)Cc1ccc(Cl)cc1)c1cc(=O)c2ccc(Cl)cc2o1. The molecule has 47 heavy (non-hydrogen) atoms. The number of carbonyl (C=O) groups excluding carboxylic acids is 1. The van der Waals surface area contributed by atoms with Crippen LogP contribution in [-0.4, -0.2) is 17.4 Å². The van der Waals surface area contributed by atoms with Crippen molar-refractivity contribution in [3.63, 3.8) is 0 Å². The van der Waals surface area contributed by atoms with Crippen LogP contribution in [0, 0.1) is 5.92 Å². The molecular weight excluding hydrogens is 625 g/mol. The Kier molecular flexibility index (Phi) is 11.0. The van der Waals surface area contributed by atoms with Gasteiger partial charge in [0, 0.05) is 41.7 Å². The largest absolute Gasteiger partial charge is 0.456 e. The molecule has 0 bridgehead atoms. The molecule has 2 heterocycles. The summed E-state index contributed by atoms with van der Waals surface area (Å²) in [5.41, 5.74) is 6.79. The molecule has 6 rings (SSSR count). The molecule has 6 heteroatoms. The molecule has 0 spiro atoms. The van der Waals surface area contributed by atoms with Crippen LogP contribution in [0.3, 0.4) is 0 Å². The van der Waals surface area contributed by atoms with Gasteiger partial charge in [-0.15, -0.1) is 0 Å². The number of carbonyl (C=O) groups is 1. The smallest absolute Gasteiger partial charge is 0.222 e. The van der Waals surface area contributed by atoms with Crippen LogP contribution in [-0.2, 0) is 17.8 Å². The molecule has 1 aliphatic carbocycles. The zero-order valence-corrected chi connectivity index (χ0v) is 28.5. The van der Waals surface area contributed by atoms with E-state index in [4.69, 9.17) is 27.6 Å². The molecule has 1 aliphatic heterocycles. The van der Waals surface area contributed by atoms with E-state index in [-0.39, 0.29) is 5.43 Å². The van der Waals surface area contributed by atoms with E-state index in [1.54, 1.807) is 29.8 Å². The summed E-state index contributed by atoms with van der Waals surface area (Å²) < 4.78 is 6.05. The Bertz CT molecular complexity index is 1810. The highest BCUT2D eigenvalue weighted by atomic mass is 35.5. The number of hydrogen-bond acceptors (Lipinski definition) is 3. The fourth-order valence-corrected chi connectivity index (χ4v) is 7.57. The van der Waals surface area contributed by atoms with Crippen LogP contribution in [0.4, 0.5) is 0 Å². The number of piperidine rings is 1. The van der Waals surface area contributed by atoms with E-state index >= 15 is 0 Å². The number of allylic oxidation sites excluding steroid dienone is 3. The van der Waals surface area contributed by atoms with Gasteiger partial charge in [-0.1, -0.05) is 77.8 Å². The topological polar surface area (TPSA) is 50.5 Å². The van der Waals surface area contributed by atoms with E-state index in [0.29, 0.717) is 45.9 Å². The number of fused-ring (bicyclic) bond motifs is 1. The van der Waals surface area contributed by atoms with Gasteiger partial charge in [0.05, 0.1) is 5.39 Å². The lowest BCUT2D eigenvalue weighted by molar-refractivity contribution is -0.133. The van der Waals surface area contributed by atoms with Gasteiger partial charge >= 0.3 is 0 Å². The standard InChI is InChI=1S/C41H43Cl2NO3/c1-28(39-26-38(45)37-21-20-35(43)25-40(37)47-39)7-6-8-31(24-30-14-18-34(42)19-15-30)23-29-12-16-32(17-13-29)36-10-3-2-9-33(36)27-44-22-5-4-11-41(44)46/h2-3,9-10,14-15,18-21,23,25-26,31-32H,1,4-8,11-13,16-17,22,24,27H2/t31-,32?/m0/s1. The third-order valence-electron chi connectivity index (χ3n) is 9.88. The van der Waals surface area contributed by atoms with Crippen molar-refractivity contribution in [2.24, 2.45) is 5.92 Å². The van der Waals surface area contributed by atoms with E-state index in [9.17, 15) is 9.59 Å². The van der Waals surface area contributed by atoms with Gasteiger partial charge in [-0.3, -0.25) is 9.59 Å². The van der Waals surface area contributed by atoms with Crippen molar-refractivity contribution in [2.75, 3.05) is 6.54 Å². The van der Waals surface area contributed by atoms with Crippen LogP contribution in [0.2, 0.25) is 10.0 Å². The molecule has 4 nitrogen and oxygen atoms in total. The average Bonchev–Trinajstić information content (AvgIpc) is 3.07. The van der Waals surface area contributed by atoms with Gasteiger partial charge in [-0.2, -0.15) is 0 Å². The Morgan fingerprint density at radius 1 is 0.936 bits per heavy atom. The Hall–Kier alpha value is -3.60. The number of hydrogen-bond donors (Lipinski definition) is 0. The van der Waals surface area contributed by atoms with E-state index in [1.165, 1.54) is 16.7 Å². The molecule has 0 radical (unpaired) electrons. The first-order chi connectivity index (χ1) is 22.8. The Morgan fingerprint density at radius 2 is 1.70 bits per heavy atom. The maximum atomic E-state index is 12.7. The van der Waals surface area contributed by atoms with Crippen molar-refractivity contribution in [2.45, 2.75) is 83.1 Å². The highest BCUT2D eigenvalue weighted by molar-refractivity contribution is 6.31. The fraction of sp³-hybridized carbons (Fsp3) is 0.366. The lowest BCUT2D eigenvalue weighted by atomic mass is 9.78. The maximum absolute atomic E-state index is 12.7. The number of amides is 1. The minimum atomic E-state index is -0.0809. The highest BCUT2D eigenvalue weighted by Gasteiger charge is 2.24. The molecular formula is C41H43Cl2NO3. The zero-order valence-electron chi connectivity index (χ0n) is 27.0. The lowest BCUT2D eigenvalue weighted by Gasteiger charge is -2.31. The van der Waals surface area contributed by atoms with Gasteiger partial charge in [0.15, 0.2) is 5.43 Å². The molecule has 1 saturated carbocycles. The van der Waals surface area contributed by atoms with Crippen molar-refractivity contribution in [1.82, 2.24) is 4.90 Å². The second kappa shape index (κ2) is 15.5. The summed E-state index contributed by atoms with van der Waals surface area (Å²) in [7, 11) is 0. The normalized spacial score (nSPS) is 17.6. The van der Waals surface area contributed by atoms with Crippen LogP contribution in [0.1, 0.15) is 92.6 Å². The third kappa shape index (κ3) is 8.66. The van der Waals surface area contributed by atoms with Gasteiger partial charge in [-0.05, 0) is 123 Å². The second-order valence-electron chi connectivity index (χ2n) is 13.3. The second-order valence-corrected chi connectivity index (χ2v) is 14.1. The summed E-state index contributed by atoms with van der Waals surface area (Å²) in [6.45, 7) is 5.88. The first kappa shape index (κ1) is 33.3. The van der Waals surface area contributed by atoms with Crippen LogP contribution >= 0.6 is 23.2 Å². The molecule has 0 N–H and O–H groups in total. The summed E-state index contributed by atoms with van der Waals surface area (Å²) in [6, 6.07) is 23.6. The van der Waals surface area contributed by atoms with Gasteiger partial charge in [0.25, 0.3) is 0 Å². The van der Waals surface area contributed by atoms with Crippen LogP contribution in [0.5, 0.6) is 0 Å². The van der Waals surface area contributed by atoms with Crippen molar-refractivity contribution in [3.05, 3.63) is 134 Å². The quantitative estimate of drug-likeness (QED) is 0.150. The number of likely N-dealkylation sites (tertiary alicyclic amines) is 1. The first-order valence-corrected chi connectivity index (χ1v) is 17.8. The summed E-state index contributed by atoms with van der Waals surface area (Å²) in [5, 5.41) is 1.81. The first-order valence-electron chi connectivity index (χ1n) is 17.0. The average molecular weight is 669 g/mol. The van der Waals surface area contributed by atoms with Gasteiger partial charge in [0.1, 0.15) is 11.3 Å². The van der Waals surface area contributed by atoms with E-state index < -0.39 is 0 Å². The van der Waals surface area contributed by atoms with Crippen molar-refractivity contribution < 1.29 is 9.21 Å². The molecule has 1 aromatic heterocycles. The highest BCUT2D eigenvalue weighted by Crippen LogP contribution is 2.38. The molecule has 1 amide bonds. The third-order valence-corrected chi connectivity index (χ3v) is 10.4. The summed E-state index contributed by atoms with van der Waals surface area (Å²) in [5.74, 6) is 1.73. The molecule has 0 unspecified atom stereocenters. The molecule has 3 aromatic carbocycles. The Balaban J connectivity index is 1.11. The summed E-state index contributed by atoms with van der Waals surface area (Å²) in [6.07, 6.45) is 13.4. The molecule has 4 aromatic rings. The van der Waals surface area contributed by atoms with Gasteiger partial charge in [-0.25, -0.2) is 0 Å². The molecule has 2 fully saturated rings. The maximum Gasteiger partial charge on any atom is 0.222 e. The van der Waals surface area contributed by atoms with E-state index in [1.807, 2.05) is 12.1 Å². The molecule has 244 valence electrons. The summed E-state index contributed by atoms with van der Waals surface area (Å²) >= 11 is 12.3. The molecule has 1 saturated heterocycles. The van der Waals surface area contributed by atoms with Gasteiger partial charge < -0.3 is 9.32 Å². The Morgan fingerprint density at radius 3 is 2.49 bits per heavy atom. The zero-order chi connectivity index (χ0) is 32.8. The predicted octanol–water partition coefficient (Wildman–Crippen LogP) is 10.9. The minimum absolute atomic E-state index is 0.0809. The van der Waals surface area contributed by atoms with E-state index in [2.05, 4.69) is 54.0 Å². The number of halogens is 2. The Labute approximate surface area is 288 Å². The van der Waals surface area contributed by atoms with Crippen LogP contribution < -0.4 is 5.43 Å². The van der Waals surface area contributed by atoms with Crippen molar-refractivity contribution in [1.29, 1.82) is 0 Å². The van der Waals surface area contributed by atoms with Crippen molar-refractivity contribution >= 4 is 45.7 Å². The molecule has 2 aliphatic rings. The van der Waals surface area contributed by atoms with Crippen molar-refractivity contribution in [3.8, 4) is 0 Å². The summed E-state index contributed by atoms with van der Waals surface area (Å²) in [4.78, 5) is 27.3. The van der Waals surface area contributed by atoms with Crippen LogP contribution in [0.15, 0.2) is 100 Å². The monoisotopic (exact) mass is 667 g/mol. The van der Waals surface area contributed by atoms with Gasteiger partial charge in [0.2, 0.25) is 5.91 Å². The minimum Gasteiger partial charge on any atom is -0.456 e. The predicted molar refractivity (Wildman–Crippen MR) is 194 cm³/mol. The number of rotatable bonds is 11. The van der Waals surface area contributed by atoms with Crippen LogP contribution in [0.25, 0.3) is 16.5 Å². The fourth-order valence-electron chi connectivity index (χ4n) is 7.28. The molecule has 1 atom stereocenters. The van der Waals surface area contributed by atoms with E-state index in [0.717, 1.165) is 87.9 Å². The lowest BCUT2D eigenvalue weighted by Crippen LogP contribution is -2.35.